The standard InChI is InChI=1S/C14H17N3O2S/c1-3-9(2)15-12(18)8-17-13(19)10-6-4-5-7-11(10)16-14(17)20/h4-7,9H,3,8H2,1-2H3,(H,15,18)(H,16,20)/t9-/m0/s1. The van der Waals surface area contributed by atoms with E-state index in [4.69, 9.17) is 12.2 Å². The van der Waals surface area contributed by atoms with Crippen LogP contribution in [-0.2, 0) is 11.3 Å². The second kappa shape index (κ2) is 6.00. The molecule has 2 aromatic rings. The third-order valence-corrected chi connectivity index (χ3v) is 3.53. The van der Waals surface area contributed by atoms with Gasteiger partial charge in [0.1, 0.15) is 6.54 Å². The zero-order chi connectivity index (χ0) is 14.7. The Kier molecular flexibility index (Phi) is 4.34. The lowest BCUT2D eigenvalue weighted by Gasteiger charge is -2.12. The number of fused-ring (bicyclic) bond motifs is 1. The minimum atomic E-state index is -0.247. The van der Waals surface area contributed by atoms with E-state index in [-0.39, 0.29) is 28.8 Å². The molecule has 0 saturated carbocycles. The molecule has 6 heteroatoms. The van der Waals surface area contributed by atoms with Crippen molar-refractivity contribution in [1.82, 2.24) is 14.9 Å². The van der Waals surface area contributed by atoms with E-state index < -0.39 is 0 Å². The minimum absolute atomic E-state index is 0.0661. The molecule has 2 N–H and O–H groups in total. The first-order chi connectivity index (χ1) is 9.52. The fourth-order valence-corrected chi connectivity index (χ4v) is 2.17. The molecule has 0 aliphatic carbocycles. The van der Waals surface area contributed by atoms with E-state index in [0.717, 1.165) is 6.42 Å². The number of rotatable bonds is 4. The van der Waals surface area contributed by atoms with Crippen LogP contribution in [0.2, 0.25) is 0 Å². The van der Waals surface area contributed by atoms with Crippen LogP contribution in [0.25, 0.3) is 10.9 Å². The van der Waals surface area contributed by atoms with Crippen LogP contribution in [0.4, 0.5) is 0 Å². The SMILES string of the molecule is CC[C@H](C)NC(=O)Cn1c(=S)[nH]c2ccccc2c1=O. The Bertz CT molecular complexity index is 748. The van der Waals surface area contributed by atoms with Crippen molar-refractivity contribution in [2.24, 2.45) is 0 Å². The second-order valence-corrected chi connectivity index (χ2v) is 5.13. The predicted molar refractivity (Wildman–Crippen MR) is 81.3 cm³/mol. The second-order valence-electron chi connectivity index (χ2n) is 4.74. The molecule has 0 bridgehead atoms. The van der Waals surface area contributed by atoms with Crippen LogP contribution in [0.15, 0.2) is 29.1 Å². The number of hydrogen-bond acceptors (Lipinski definition) is 3. The van der Waals surface area contributed by atoms with Crippen molar-refractivity contribution in [2.75, 3.05) is 0 Å². The van der Waals surface area contributed by atoms with E-state index in [1.807, 2.05) is 19.9 Å². The van der Waals surface area contributed by atoms with E-state index in [1.54, 1.807) is 18.2 Å². The Labute approximate surface area is 121 Å². The highest BCUT2D eigenvalue weighted by atomic mass is 32.1. The van der Waals surface area contributed by atoms with Crippen molar-refractivity contribution in [3.63, 3.8) is 0 Å². The third kappa shape index (κ3) is 2.96. The molecule has 1 aromatic carbocycles. The number of para-hydroxylation sites is 1. The van der Waals surface area contributed by atoms with Crippen LogP contribution < -0.4 is 10.9 Å². The Hall–Kier alpha value is -1.95. The van der Waals surface area contributed by atoms with E-state index in [2.05, 4.69) is 10.3 Å². The first kappa shape index (κ1) is 14.5. The van der Waals surface area contributed by atoms with Gasteiger partial charge in [-0.05, 0) is 37.7 Å². The number of carbonyl (C=O) groups excluding carboxylic acids is 1. The van der Waals surface area contributed by atoms with Gasteiger partial charge in [-0.2, -0.15) is 0 Å². The number of carbonyl (C=O) groups is 1. The van der Waals surface area contributed by atoms with Crippen molar-refractivity contribution >= 4 is 29.0 Å². The van der Waals surface area contributed by atoms with Gasteiger partial charge >= 0.3 is 0 Å². The highest BCUT2D eigenvalue weighted by molar-refractivity contribution is 7.71. The highest BCUT2D eigenvalue weighted by Crippen LogP contribution is 2.05. The van der Waals surface area contributed by atoms with Gasteiger partial charge < -0.3 is 10.3 Å². The van der Waals surface area contributed by atoms with Gasteiger partial charge in [-0.15, -0.1) is 0 Å². The van der Waals surface area contributed by atoms with Gasteiger partial charge in [0.15, 0.2) is 4.77 Å². The predicted octanol–water partition coefficient (Wildman–Crippen LogP) is 1.97. The fourth-order valence-electron chi connectivity index (χ4n) is 1.91. The molecule has 5 nitrogen and oxygen atoms in total. The maximum absolute atomic E-state index is 12.3. The van der Waals surface area contributed by atoms with Crippen molar-refractivity contribution in [1.29, 1.82) is 0 Å². The monoisotopic (exact) mass is 291 g/mol. The molecule has 1 amide bonds. The van der Waals surface area contributed by atoms with Gasteiger partial charge in [0, 0.05) is 6.04 Å². The zero-order valence-corrected chi connectivity index (χ0v) is 12.3. The topological polar surface area (TPSA) is 66.9 Å². The Morgan fingerprint density at radius 2 is 2.15 bits per heavy atom. The summed E-state index contributed by atoms with van der Waals surface area (Å²) in [6.07, 6.45) is 0.839. The summed E-state index contributed by atoms with van der Waals surface area (Å²) >= 11 is 5.15. The molecule has 20 heavy (non-hydrogen) atoms. The molecule has 2 rings (SSSR count). The molecule has 0 aliphatic rings. The molecular formula is C14H17N3O2S. The van der Waals surface area contributed by atoms with Crippen molar-refractivity contribution in [2.45, 2.75) is 32.9 Å². The quantitative estimate of drug-likeness (QED) is 0.846. The fraction of sp³-hybridized carbons (Fsp3) is 0.357. The average Bonchev–Trinajstić information content (AvgIpc) is 2.43. The number of benzene rings is 1. The van der Waals surface area contributed by atoms with E-state index >= 15 is 0 Å². The number of aromatic nitrogens is 2. The first-order valence-electron chi connectivity index (χ1n) is 6.54. The van der Waals surface area contributed by atoms with Gasteiger partial charge in [0.05, 0.1) is 10.9 Å². The van der Waals surface area contributed by atoms with Crippen molar-refractivity contribution in [3.8, 4) is 0 Å². The number of H-pyrrole nitrogens is 1. The summed E-state index contributed by atoms with van der Waals surface area (Å²) < 4.78 is 1.54. The number of nitrogens with one attached hydrogen (secondary N) is 2. The summed E-state index contributed by atoms with van der Waals surface area (Å²) in [5, 5.41) is 3.35. The Morgan fingerprint density at radius 1 is 1.45 bits per heavy atom. The van der Waals surface area contributed by atoms with E-state index in [9.17, 15) is 9.59 Å². The summed E-state index contributed by atoms with van der Waals surface area (Å²) in [5.41, 5.74) is 0.435. The van der Waals surface area contributed by atoms with Crippen LogP contribution in [-0.4, -0.2) is 21.5 Å². The molecule has 0 aliphatic heterocycles. The molecule has 1 heterocycles. The highest BCUT2D eigenvalue weighted by Gasteiger charge is 2.10. The first-order valence-corrected chi connectivity index (χ1v) is 6.95. The van der Waals surface area contributed by atoms with E-state index in [0.29, 0.717) is 10.9 Å². The van der Waals surface area contributed by atoms with Crippen LogP contribution in [0.5, 0.6) is 0 Å². The molecule has 0 spiro atoms. The maximum Gasteiger partial charge on any atom is 0.262 e. The lowest BCUT2D eigenvalue weighted by molar-refractivity contribution is -0.122. The van der Waals surface area contributed by atoms with E-state index in [1.165, 1.54) is 4.57 Å². The third-order valence-electron chi connectivity index (χ3n) is 3.21. The molecule has 0 saturated heterocycles. The number of hydrogen-bond donors (Lipinski definition) is 2. The molecule has 1 aromatic heterocycles. The largest absolute Gasteiger partial charge is 0.352 e. The summed E-state index contributed by atoms with van der Waals surface area (Å²) in [4.78, 5) is 27.2. The molecule has 106 valence electrons. The summed E-state index contributed by atoms with van der Waals surface area (Å²) in [6, 6.07) is 7.19. The molecule has 0 radical (unpaired) electrons. The molecular weight excluding hydrogens is 274 g/mol. The molecule has 0 unspecified atom stereocenters. The number of nitrogens with zero attached hydrogens (tertiary/aromatic N) is 1. The van der Waals surface area contributed by atoms with Gasteiger partial charge in [-0.3, -0.25) is 14.2 Å². The smallest absolute Gasteiger partial charge is 0.262 e. The maximum atomic E-state index is 12.3. The van der Waals surface area contributed by atoms with Crippen LogP contribution in [0.3, 0.4) is 0 Å². The van der Waals surface area contributed by atoms with Crippen molar-refractivity contribution < 1.29 is 4.79 Å². The van der Waals surface area contributed by atoms with Gasteiger partial charge in [0.25, 0.3) is 5.56 Å². The summed E-state index contributed by atoms with van der Waals surface area (Å²) in [6.45, 7) is 3.84. The average molecular weight is 291 g/mol. The molecule has 0 fully saturated rings. The number of aromatic amines is 1. The van der Waals surface area contributed by atoms with Crippen LogP contribution in [0, 0.1) is 4.77 Å². The summed E-state index contributed by atoms with van der Waals surface area (Å²) in [7, 11) is 0. The minimum Gasteiger partial charge on any atom is -0.352 e. The van der Waals surface area contributed by atoms with Crippen LogP contribution in [0.1, 0.15) is 20.3 Å². The normalized spacial score (nSPS) is 12.3. The van der Waals surface area contributed by atoms with Crippen LogP contribution >= 0.6 is 12.2 Å². The van der Waals surface area contributed by atoms with Crippen molar-refractivity contribution in [3.05, 3.63) is 39.4 Å². The Balaban J connectivity index is 2.38. The summed E-state index contributed by atoms with van der Waals surface area (Å²) in [5.74, 6) is -0.212. The zero-order valence-electron chi connectivity index (χ0n) is 11.5. The Morgan fingerprint density at radius 3 is 2.85 bits per heavy atom. The van der Waals surface area contributed by atoms with Gasteiger partial charge in [-0.25, -0.2) is 0 Å². The number of amides is 1. The van der Waals surface area contributed by atoms with Gasteiger partial charge in [-0.1, -0.05) is 19.1 Å². The lowest BCUT2D eigenvalue weighted by atomic mass is 10.2. The lowest BCUT2D eigenvalue weighted by Crippen LogP contribution is -2.37. The molecule has 1 atom stereocenters. The van der Waals surface area contributed by atoms with Gasteiger partial charge in [0.2, 0.25) is 5.91 Å².